The number of carbonyl (C=O) groups excluding carboxylic acids is 1. The van der Waals surface area contributed by atoms with Crippen LogP contribution in [0.25, 0.3) is 16.3 Å². The van der Waals surface area contributed by atoms with Gasteiger partial charge in [-0.15, -0.1) is 0 Å². The molecule has 0 atom stereocenters. The summed E-state index contributed by atoms with van der Waals surface area (Å²) in [6, 6.07) is 13.6. The van der Waals surface area contributed by atoms with E-state index in [2.05, 4.69) is 14.1 Å². The summed E-state index contributed by atoms with van der Waals surface area (Å²) in [6.07, 6.45) is 4.34. The Bertz CT molecular complexity index is 974. The van der Waals surface area contributed by atoms with Gasteiger partial charge < -0.3 is 14.4 Å². The first-order chi connectivity index (χ1) is 14.5. The van der Waals surface area contributed by atoms with Gasteiger partial charge in [0.2, 0.25) is 0 Å². The van der Waals surface area contributed by atoms with Crippen molar-refractivity contribution in [3.05, 3.63) is 54.1 Å². The molecule has 6 nitrogen and oxygen atoms in total. The maximum atomic E-state index is 13.1. The molecular weight excluding hydrogens is 398 g/mol. The summed E-state index contributed by atoms with van der Waals surface area (Å²) in [6.45, 7) is 1.58. The van der Waals surface area contributed by atoms with E-state index in [4.69, 9.17) is 14.5 Å². The van der Waals surface area contributed by atoms with E-state index in [1.165, 1.54) is 16.2 Å². The Kier molecular flexibility index (Phi) is 7.43. The van der Waals surface area contributed by atoms with Crippen LogP contribution in [0, 0.1) is 0 Å². The molecule has 0 saturated carbocycles. The normalized spacial score (nSPS) is 11.4. The average Bonchev–Trinajstić information content (AvgIpc) is 3.16. The first-order valence-corrected chi connectivity index (χ1v) is 10.7. The summed E-state index contributed by atoms with van der Waals surface area (Å²) in [4.78, 5) is 20.9. The maximum Gasteiger partial charge on any atom is 0.252 e. The smallest absolute Gasteiger partial charge is 0.252 e. The quantitative estimate of drug-likeness (QED) is 0.535. The number of benzene rings is 2. The maximum absolute atomic E-state index is 13.1. The van der Waals surface area contributed by atoms with Gasteiger partial charge in [0.05, 0.1) is 45.1 Å². The molecule has 0 aliphatic carbocycles. The van der Waals surface area contributed by atoms with Crippen LogP contribution in [0.3, 0.4) is 0 Å². The van der Waals surface area contributed by atoms with Gasteiger partial charge in [-0.1, -0.05) is 41.7 Å². The topological polar surface area (TPSA) is 56.1 Å². The second-order valence-corrected chi connectivity index (χ2v) is 8.23. The van der Waals surface area contributed by atoms with Crippen molar-refractivity contribution in [2.24, 2.45) is 0 Å². The van der Waals surface area contributed by atoms with Crippen LogP contribution in [0.1, 0.15) is 12.0 Å². The largest absolute Gasteiger partial charge is 0.493 e. The minimum Gasteiger partial charge on any atom is -0.493 e. The number of hydrogen-bond donors (Lipinski definition) is 1. The van der Waals surface area contributed by atoms with Crippen molar-refractivity contribution in [1.29, 1.82) is 0 Å². The third-order valence-corrected chi connectivity index (χ3v) is 5.70. The van der Waals surface area contributed by atoms with Crippen molar-refractivity contribution in [1.82, 2.24) is 4.98 Å². The van der Waals surface area contributed by atoms with Crippen molar-refractivity contribution >= 4 is 38.7 Å². The van der Waals surface area contributed by atoms with Gasteiger partial charge in [-0.25, -0.2) is 4.98 Å². The lowest BCUT2D eigenvalue weighted by atomic mass is 10.2. The van der Waals surface area contributed by atoms with Crippen LogP contribution in [0.5, 0.6) is 11.5 Å². The summed E-state index contributed by atoms with van der Waals surface area (Å²) in [5.41, 5.74) is 1.78. The molecule has 0 unspecified atom stereocenters. The summed E-state index contributed by atoms with van der Waals surface area (Å²) >= 11 is 1.48. The Morgan fingerprint density at radius 1 is 1.13 bits per heavy atom. The second-order valence-electron chi connectivity index (χ2n) is 7.22. The molecule has 30 heavy (non-hydrogen) atoms. The van der Waals surface area contributed by atoms with Crippen LogP contribution >= 0.6 is 11.3 Å². The predicted molar refractivity (Wildman–Crippen MR) is 123 cm³/mol. The number of nitrogens with one attached hydrogen (secondary N) is 1. The van der Waals surface area contributed by atoms with Crippen LogP contribution in [0.4, 0.5) is 5.13 Å². The number of carbonyl (C=O) groups is 1. The van der Waals surface area contributed by atoms with Crippen molar-refractivity contribution in [2.75, 3.05) is 46.3 Å². The van der Waals surface area contributed by atoms with Gasteiger partial charge in [0.1, 0.15) is 0 Å². The molecule has 1 N–H and O–H groups in total. The minimum absolute atomic E-state index is 0.0782. The summed E-state index contributed by atoms with van der Waals surface area (Å²) in [7, 11) is 7.43. The number of anilines is 1. The van der Waals surface area contributed by atoms with Gasteiger partial charge in [-0.05, 0) is 11.6 Å². The molecule has 3 rings (SSSR count). The number of fused-ring (bicyclic) bond motifs is 1. The monoisotopic (exact) mass is 426 g/mol. The van der Waals surface area contributed by atoms with Crippen molar-refractivity contribution < 1.29 is 19.2 Å². The number of aromatic nitrogens is 1. The summed E-state index contributed by atoms with van der Waals surface area (Å²) in [5, 5.41) is 0.678. The van der Waals surface area contributed by atoms with E-state index in [0.29, 0.717) is 23.2 Å². The molecule has 7 heteroatoms. The van der Waals surface area contributed by atoms with Gasteiger partial charge in [-0.3, -0.25) is 9.69 Å². The highest BCUT2D eigenvalue weighted by molar-refractivity contribution is 7.22. The highest BCUT2D eigenvalue weighted by Gasteiger charge is 2.19. The molecule has 3 aromatic rings. The van der Waals surface area contributed by atoms with Gasteiger partial charge in [0.25, 0.3) is 5.91 Å². The second kappa shape index (κ2) is 10.2. The SMILES string of the molecule is COc1cc2nc(N(CCC[NH+](C)C)C(=O)/C=C/c3ccccc3)sc2cc1OC. The number of quaternary nitrogens is 1. The molecule has 0 aliphatic rings. The molecular formula is C23H28N3O3S+. The van der Waals surface area contributed by atoms with Crippen molar-refractivity contribution in [3.63, 3.8) is 0 Å². The molecule has 1 aromatic heterocycles. The first-order valence-electron chi connectivity index (χ1n) is 9.88. The highest BCUT2D eigenvalue weighted by atomic mass is 32.1. The third kappa shape index (κ3) is 5.37. The lowest BCUT2D eigenvalue weighted by Crippen LogP contribution is -3.05. The number of ether oxygens (including phenoxy) is 2. The van der Waals surface area contributed by atoms with Crippen LogP contribution in [0.15, 0.2) is 48.5 Å². The van der Waals surface area contributed by atoms with E-state index >= 15 is 0 Å². The molecule has 0 saturated heterocycles. The lowest BCUT2D eigenvalue weighted by Gasteiger charge is -2.18. The van der Waals surface area contributed by atoms with E-state index in [0.717, 1.165) is 28.7 Å². The van der Waals surface area contributed by atoms with Gasteiger partial charge >= 0.3 is 0 Å². The fourth-order valence-corrected chi connectivity index (χ4v) is 4.08. The molecule has 0 bridgehead atoms. The number of thiazole rings is 1. The number of hydrogen-bond acceptors (Lipinski definition) is 5. The average molecular weight is 427 g/mol. The Morgan fingerprint density at radius 3 is 2.50 bits per heavy atom. The van der Waals surface area contributed by atoms with E-state index in [9.17, 15) is 4.79 Å². The zero-order chi connectivity index (χ0) is 21.5. The lowest BCUT2D eigenvalue weighted by molar-refractivity contribution is -0.858. The van der Waals surface area contributed by atoms with Crippen LogP contribution in [-0.2, 0) is 4.79 Å². The van der Waals surface area contributed by atoms with Crippen LogP contribution < -0.4 is 19.3 Å². The molecule has 2 aromatic carbocycles. The molecule has 0 aliphatic heterocycles. The zero-order valence-electron chi connectivity index (χ0n) is 17.8. The molecule has 1 amide bonds. The highest BCUT2D eigenvalue weighted by Crippen LogP contribution is 2.37. The number of amides is 1. The molecule has 0 radical (unpaired) electrons. The fourth-order valence-electron chi connectivity index (χ4n) is 3.07. The first kappa shape index (κ1) is 21.8. The summed E-state index contributed by atoms with van der Waals surface area (Å²) in [5.74, 6) is 1.20. The Hall–Kier alpha value is -2.90. The third-order valence-electron chi connectivity index (χ3n) is 4.66. The van der Waals surface area contributed by atoms with Crippen molar-refractivity contribution in [2.45, 2.75) is 6.42 Å². The zero-order valence-corrected chi connectivity index (χ0v) is 18.7. The predicted octanol–water partition coefficient (Wildman–Crippen LogP) is 2.89. The Morgan fingerprint density at radius 2 is 1.83 bits per heavy atom. The fraction of sp³-hybridized carbons (Fsp3) is 0.304. The van der Waals surface area contributed by atoms with Crippen LogP contribution in [0.2, 0.25) is 0 Å². The Labute approximate surface area is 181 Å². The van der Waals surface area contributed by atoms with Gasteiger partial charge in [0.15, 0.2) is 16.6 Å². The molecule has 1 heterocycles. The van der Waals surface area contributed by atoms with Crippen molar-refractivity contribution in [3.8, 4) is 11.5 Å². The molecule has 0 fully saturated rings. The minimum atomic E-state index is -0.0782. The van der Waals surface area contributed by atoms with E-state index in [-0.39, 0.29) is 5.91 Å². The standard InChI is InChI=1S/C23H27N3O3S/c1-25(2)13-8-14-26(22(27)12-11-17-9-6-5-7-10-17)23-24-18-15-19(28-3)20(29-4)16-21(18)30-23/h5-7,9-12,15-16H,8,13-14H2,1-4H3/p+1/b12-11+. The van der Waals surface area contributed by atoms with Crippen LogP contribution in [-0.4, -0.2) is 52.3 Å². The van der Waals surface area contributed by atoms with Gasteiger partial charge in [0, 0.05) is 31.2 Å². The van der Waals surface area contributed by atoms with Gasteiger partial charge in [-0.2, -0.15) is 0 Å². The van der Waals surface area contributed by atoms with E-state index in [1.54, 1.807) is 25.2 Å². The van der Waals surface area contributed by atoms with E-state index < -0.39 is 0 Å². The number of rotatable bonds is 9. The number of methoxy groups -OCH3 is 2. The summed E-state index contributed by atoms with van der Waals surface area (Å²) < 4.78 is 11.7. The Balaban J connectivity index is 1.90. The molecule has 0 spiro atoms. The number of nitrogens with zero attached hydrogens (tertiary/aromatic N) is 2. The molecule has 158 valence electrons. The van der Waals surface area contributed by atoms with E-state index in [1.807, 2.05) is 48.5 Å².